The minimum atomic E-state index is -5.12. The number of anilines is 2. The van der Waals surface area contributed by atoms with E-state index in [4.69, 9.17) is 9.47 Å². The topological polar surface area (TPSA) is 133 Å². The van der Waals surface area contributed by atoms with Gasteiger partial charge in [-0.3, -0.25) is 10.1 Å². The fourth-order valence-corrected chi connectivity index (χ4v) is 4.11. The number of esters is 1. The lowest BCUT2D eigenvalue weighted by atomic mass is 10.1. The van der Waals surface area contributed by atoms with Crippen molar-refractivity contribution in [2.75, 3.05) is 26.1 Å². The molecule has 0 bridgehead atoms. The molecule has 1 N–H and O–H groups in total. The van der Waals surface area contributed by atoms with Gasteiger partial charge in [-0.2, -0.15) is 13.2 Å². The van der Waals surface area contributed by atoms with Crippen LogP contribution >= 0.6 is 0 Å². The van der Waals surface area contributed by atoms with E-state index >= 15 is 0 Å². The summed E-state index contributed by atoms with van der Waals surface area (Å²) in [7, 11) is 2.17. The summed E-state index contributed by atoms with van der Waals surface area (Å²) in [5.74, 6) is -3.98. The molecule has 0 spiro atoms. The average Bonchev–Trinajstić information content (AvgIpc) is 2.94. The summed E-state index contributed by atoms with van der Waals surface area (Å²) < 4.78 is 84.5. The fourth-order valence-electron chi connectivity index (χ4n) is 4.11. The molecular weight excluding hydrogens is 611 g/mol. The average molecular weight is 641 g/mol. The van der Waals surface area contributed by atoms with E-state index in [1.807, 2.05) is 0 Å². The second-order valence-electron chi connectivity index (χ2n) is 10.5. The van der Waals surface area contributed by atoms with Gasteiger partial charge in [0.05, 0.1) is 36.9 Å². The second kappa shape index (κ2) is 13.7. The third-order valence-corrected chi connectivity index (χ3v) is 6.14. The number of carbonyl (C=O) groups excluding carboxylic acids is 2. The van der Waals surface area contributed by atoms with E-state index in [1.54, 1.807) is 20.8 Å². The molecule has 0 unspecified atom stereocenters. The molecule has 3 aromatic rings. The van der Waals surface area contributed by atoms with Crippen molar-refractivity contribution in [2.45, 2.75) is 45.5 Å². The van der Waals surface area contributed by atoms with Crippen molar-refractivity contribution in [2.24, 2.45) is 0 Å². The Morgan fingerprint density at radius 3 is 2.27 bits per heavy atom. The van der Waals surface area contributed by atoms with Crippen molar-refractivity contribution >= 4 is 29.1 Å². The van der Waals surface area contributed by atoms with Crippen LogP contribution in [0.4, 0.5) is 43.8 Å². The van der Waals surface area contributed by atoms with Crippen LogP contribution in [0, 0.1) is 21.7 Å². The number of benzene rings is 2. The largest absolute Gasteiger partial charge is 0.481 e. The van der Waals surface area contributed by atoms with E-state index in [-0.39, 0.29) is 41.5 Å². The Morgan fingerprint density at radius 2 is 1.69 bits per heavy atom. The first-order chi connectivity index (χ1) is 20.9. The van der Waals surface area contributed by atoms with Gasteiger partial charge < -0.3 is 24.4 Å². The highest BCUT2D eigenvalue weighted by molar-refractivity contribution is 5.97. The maximum atomic E-state index is 15.0. The second-order valence-corrected chi connectivity index (χ2v) is 10.5. The van der Waals surface area contributed by atoms with Crippen LogP contribution in [-0.4, -0.2) is 53.2 Å². The molecule has 242 valence electrons. The Balaban J connectivity index is 2.05. The molecule has 0 saturated carbocycles. The minimum Gasteiger partial charge on any atom is -0.481 e. The molecule has 0 atom stereocenters. The van der Waals surface area contributed by atoms with Crippen LogP contribution < -0.4 is 10.1 Å². The monoisotopic (exact) mass is 640 g/mol. The Bertz CT molecular complexity index is 1590. The number of nitro groups is 1. The number of amides is 1. The Morgan fingerprint density at radius 1 is 1.02 bits per heavy atom. The van der Waals surface area contributed by atoms with Crippen molar-refractivity contribution in [1.29, 1.82) is 0 Å². The van der Waals surface area contributed by atoms with Gasteiger partial charge in [0.1, 0.15) is 22.7 Å². The molecule has 0 aliphatic carbocycles. The first-order valence-electron chi connectivity index (χ1n) is 13.1. The number of hydrogen-bond acceptors (Lipinski definition) is 9. The molecule has 1 heterocycles. The smallest absolute Gasteiger partial charge is 0.419 e. The van der Waals surface area contributed by atoms with Gasteiger partial charge in [-0.05, 0) is 56.7 Å². The summed E-state index contributed by atoms with van der Waals surface area (Å²) in [5, 5.41) is 14.2. The van der Waals surface area contributed by atoms with E-state index < -0.39 is 63.8 Å². The predicted molar refractivity (Wildman–Crippen MR) is 150 cm³/mol. The van der Waals surface area contributed by atoms with E-state index in [1.165, 1.54) is 25.3 Å². The first kappa shape index (κ1) is 34.5. The standard InChI is InChI=1S/C29H29F5N4O7/c1-28(2,3)45-27(40)37(13-12-20-22(38(41)42)10-11-23(36-20)43-4)15-16-14-17(30)6-8-19(16)35-21-9-7-18(29(32,33)34)25(31)24(21)26(39)44-5/h6-11,14,35H,12-13,15H2,1-5H3. The molecule has 0 aliphatic rings. The number of alkyl halides is 3. The summed E-state index contributed by atoms with van der Waals surface area (Å²) in [4.78, 5) is 41.7. The third-order valence-electron chi connectivity index (χ3n) is 6.14. The van der Waals surface area contributed by atoms with Crippen molar-refractivity contribution in [1.82, 2.24) is 9.88 Å². The molecule has 3 rings (SSSR count). The number of pyridine rings is 1. The van der Waals surface area contributed by atoms with Crippen LogP contribution in [0.2, 0.25) is 0 Å². The lowest BCUT2D eigenvalue weighted by Crippen LogP contribution is -2.38. The SMILES string of the molecule is COC(=O)c1c(Nc2ccc(F)cc2CN(CCc2nc(OC)ccc2[N+](=O)[O-])C(=O)OC(C)(C)C)ccc(C(F)(F)F)c1F. The highest BCUT2D eigenvalue weighted by atomic mass is 19.4. The summed E-state index contributed by atoms with van der Waals surface area (Å²) >= 11 is 0. The molecule has 0 saturated heterocycles. The van der Waals surface area contributed by atoms with Gasteiger partial charge in [-0.1, -0.05) is 0 Å². The molecule has 0 radical (unpaired) electrons. The summed E-state index contributed by atoms with van der Waals surface area (Å²) in [6, 6.07) is 6.89. The molecule has 45 heavy (non-hydrogen) atoms. The quantitative estimate of drug-likeness (QED) is 0.110. The van der Waals surface area contributed by atoms with Gasteiger partial charge in [0.25, 0.3) is 5.69 Å². The van der Waals surface area contributed by atoms with Gasteiger partial charge in [0, 0.05) is 30.8 Å². The maximum absolute atomic E-state index is 15.0. The van der Waals surface area contributed by atoms with E-state index in [0.717, 1.165) is 30.2 Å². The van der Waals surface area contributed by atoms with Crippen LogP contribution in [0.1, 0.15) is 48.0 Å². The van der Waals surface area contributed by atoms with Crippen LogP contribution in [0.15, 0.2) is 42.5 Å². The molecule has 1 amide bonds. The number of hydrogen-bond donors (Lipinski definition) is 1. The van der Waals surface area contributed by atoms with Crippen molar-refractivity contribution in [3.8, 4) is 5.88 Å². The number of halogens is 5. The number of ether oxygens (including phenoxy) is 3. The van der Waals surface area contributed by atoms with Crippen LogP contribution in [0.3, 0.4) is 0 Å². The van der Waals surface area contributed by atoms with Gasteiger partial charge in [0.2, 0.25) is 5.88 Å². The lowest BCUT2D eigenvalue weighted by molar-refractivity contribution is -0.386. The van der Waals surface area contributed by atoms with Gasteiger partial charge in [-0.15, -0.1) is 0 Å². The third kappa shape index (κ3) is 8.77. The summed E-state index contributed by atoms with van der Waals surface area (Å²) in [6.45, 7) is 4.16. The zero-order valence-corrected chi connectivity index (χ0v) is 24.8. The van der Waals surface area contributed by atoms with Gasteiger partial charge in [0.15, 0.2) is 5.82 Å². The number of methoxy groups -OCH3 is 2. The predicted octanol–water partition coefficient (Wildman–Crippen LogP) is 6.81. The van der Waals surface area contributed by atoms with E-state index in [2.05, 4.69) is 15.0 Å². The molecule has 2 aromatic carbocycles. The van der Waals surface area contributed by atoms with Crippen molar-refractivity contribution in [3.63, 3.8) is 0 Å². The van der Waals surface area contributed by atoms with Gasteiger partial charge in [-0.25, -0.2) is 23.4 Å². The maximum Gasteiger partial charge on any atom is 0.419 e. The number of nitrogens with zero attached hydrogens (tertiary/aromatic N) is 3. The van der Waals surface area contributed by atoms with E-state index in [0.29, 0.717) is 6.07 Å². The Kier molecular flexibility index (Phi) is 10.5. The molecule has 0 aliphatic heterocycles. The zero-order valence-electron chi connectivity index (χ0n) is 24.8. The van der Waals surface area contributed by atoms with Crippen LogP contribution in [-0.2, 0) is 28.6 Å². The zero-order chi connectivity index (χ0) is 33.7. The van der Waals surface area contributed by atoms with E-state index in [9.17, 15) is 41.7 Å². The minimum absolute atomic E-state index is 0.0141. The molecule has 1 aromatic heterocycles. The van der Waals surface area contributed by atoms with Crippen LogP contribution in [0.25, 0.3) is 0 Å². The lowest BCUT2D eigenvalue weighted by Gasteiger charge is -2.28. The number of aromatic nitrogens is 1. The molecule has 0 fully saturated rings. The first-order valence-corrected chi connectivity index (χ1v) is 13.1. The molecular formula is C29H29F5N4O7. The van der Waals surface area contributed by atoms with Crippen molar-refractivity contribution in [3.05, 3.63) is 86.6 Å². The fraction of sp³-hybridized carbons (Fsp3) is 0.345. The number of carbonyl (C=O) groups is 2. The Hall–Kier alpha value is -5.02. The normalized spacial score (nSPS) is 11.5. The highest BCUT2D eigenvalue weighted by Gasteiger charge is 2.37. The number of rotatable bonds is 10. The van der Waals surface area contributed by atoms with Crippen molar-refractivity contribution < 1.29 is 50.7 Å². The molecule has 16 heteroatoms. The Labute approximate surface area is 254 Å². The summed E-state index contributed by atoms with van der Waals surface area (Å²) in [6.07, 6.45) is -6.17. The summed E-state index contributed by atoms with van der Waals surface area (Å²) in [5.41, 5.74) is -4.51. The highest BCUT2D eigenvalue weighted by Crippen LogP contribution is 2.37. The number of nitrogens with one attached hydrogen (secondary N) is 1. The van der Waals surface area contributed by atoms with Gasteiger partial charge >= 0.3 is 18.2 Å². The molecule has 11 nitrogen and oxygen atoms in total. The van der Waals surface area contributed by atoms with Crippen LogP contribution in [0.5, 0.6) is 5.88 Å².